The van der Waals surface area contributed by atoms with Crippen LogP contribution in [0.2, 0.25) is 39.3 Å². The molecular weight excluding hydrogens is 585 g/mol. The highest BCUT2D eigenvalue weighted by atomic mass is 29.8. The van der Waals surface area contributed by atoms with Crippen LogP contribution in [0.3, 0.4) is 0 Å². The maximum Gasteiger partial charge on any atom is 0.115 e. The Morgan fingerprint density at radius 1 is 0.381 bits per heavy atom. The fraction of sp³-hybridized carbons (Fsp3) is 0.294. The van der Waals surface area contributed by atoms with E-state index in [2.05, 4.69) is 87.8 Å². The first kappa shape index (κ1) is 31.9. The van der Waals surface area contributed by atoms with Gasteiger partial charge >= 0.3 is 0 Å². The van der Waals surface area contributed by atoms with Crippen LogP contribution in [-0.2, 0) is 24.2 Å². The molecule has 0 aliphatic carbocycles. The van der Waals surface area contributed by atoms with Crippen LogP contribution < -0.4 is 0 Å². The number of benzene rings is 4. The third kappa shape index (κ3) is 6.77. The number of rotatable bonds is 11. The molecule has 222 valence electrons. The highest BCUT2D eigenvalue weighted by molar-refractivity contribution is 7.83. The number of phenolic OH excluding ortho intramolecular Hbond substituents is 4. The lowest BCUT2D eigenvalue weighted by atomic mass is 10.2. The van der Waals surface area contributed by atoms with Gasteiger partial charge in [-0.25, -0.2) is 0 Å². The van der Waals surface area contributed by atoms with Crippen molar-refractivity contribution in [2.24, 2.45) is 0 Å². The summed E-state index contributed by atoms with van der Waals surface area (Å²) in [6.07, 6.45) is 0. The van der Waals surface area contributed by atoms with Crippen molar-refractivity contribution in [1.29, 1.82) is 0 Å². The first-order valence-electron chi connectivity index (χ1n) is 14.8. The Bertz CT molecular complexity index is 1350. The van der Waals surface area contributed by atoms with E-state index in [1.165, 1.54) is 22.3 Å². The van der Waals surface area contributed by atoms with Crippen molar-refractivity contribution in [2.75, 3.05) is 0 Å². The van der Waals surface area contributed by atoms with Gasteiger partial charge in [-0.1, -0.05) is 110 Å². The van der Waals surface area contributed by atoms with Gasteiger partial charge in [0.2, 0.25) is 0 Å². The van der Waals surface area contributed by atoms with E-state index in [0.717, 1.165) is 24.2 Å². The van der Waals surface area contributed by atoms with Gasteiger partial charge in [0.1, 0.15) is 23.0 Å². The van der Waals surface area contributed by atoms with E-state index in [0.29, 0.717) is 5.75 Å². The van der Waals surface area contributed by atoms with Gasteiger partial charge < -0.3 is 20.4 Å². The lowest BCUT2D eigenvalue weighted by molar-refractivity contribution is 0.474. The predicted molar refractivity (Wildman–Crippen MR) is 185 cm³/mol. The smallest absolute Gasteiger partial charge is 0.115 e. The monoisotopic (exact) mass is 630 g/mol. The lowest BCUT2D eigenvalue weighted by Gasteiger charge is -2.59. The van der Waals surface area contributed by atoms with Crippen LogP contribution in [0, 0.1) is 0 Å². The molecule has 0 bridgehead atoms. The number of aromatic hydroxyl groups is 4. The van der Waals surface area contributed by atoms with Crippen LogP contribution >= 0.6 is 0 Å². The molecule has 4 aromatic rings. The van der Waals surface area contributed by atoms with E-state index >= 15 is 0 Å². The average Bonchev–Trinajstić information content (AvgIpc) is 2.93. The number of hydrogen-bond donors (Lipinski definition) is 4. The third-order valence-corrected chi connectivity index (χ3v) is 77.1. The van der Waals surface area contributed by atoms with Crippen LogP contribution in [0.5, 0.6) is 23.0 Å². The third-order valence-electron chi connectivity index (χ3n) is 10.4. The van der Waals surface area contributed by atoms with Crippen LogP contribution in [0.1, 0.15) is 22.3 Å². The Labute approximate surface area is 254 Å². The van der Waals surface area contributed by atoms with Gasteiger partial charge in [0.05, 0.1) is 7.59 Å². The lowest BCUT2D eigenvalue weighted by Crippen LogP contribution is -2.84. The van der Waals surface area contributed by atoms with Crippen LogP contribution in [0.4, 0.5) is 0 Å². The Hall–Kier alpha value is -3.05. The molecule has 0 fully saturated rings. The SMILES string of the molecule is C[Si](C)(C)[Si](C)(C)[Si](C)(Cc1ccc(O)cc1)[Si](Cc1ccc(O)cc1)(Cc1ccc(O)cc1)Cc1ccc(O)cc1. The zero-order chi connectivity index (χ0) is 30.8. The summed E-state index contributed by atoms with van der Waals surface area (Å²) in [5.74, 6) is 1.14. The maximum atomic E-state index is 10.2. The van der Waals surface area contributed by atoms with Crippen LogP contribution in [0.15, 0.2) is 97.1 Å². The number of phenols is 4. The molecule has 0 saturated heterocycles. The molecule has 42 heavy (non-hydrogen) atoms. The fourth-order valence-electron chi connectivity index (χ4n) is 6.71. The van der Waals surface area contributed by atoms with Crippen molar-refractivity contribution in [3.05, 3.63) is 119 Å². The van der Waals surface area contributed by atoms with E-state index in [1.54, 1.807) is 0 Å². The highest BCUT2D eigenvalue weighted by Crippen LogP contribution is 2.42. The van der Waals surface area contributed by atoms with Gasteiger partial charge in [-0.2, -0.15) is 0 Å². The number of hydrogen-bond acceptors (Lipinski definition) is 4. The molecule has 0 heterocycles. The van der Waals surface area contributed by atoms with Gasteiger partial charge in [0.25, 0.3) is 0 Å². The zero-order valence-electron chi connectivity index (χ0n) is 25.9. The molecular formula is C34H46O4Si4. The summed E-state index contributed by atoms with van der Waals surface area (Å²) in [6, 6.07) is 35.5. The van der Waals surface area contributed by atoms with Crippen LogP contribution in [0.25, 0.3) is 0 Å². The maximum absolute atomic E-state index is 10.2. The molecule has 0 spiro atoms. The zero-order valence-corrected chi connectivity index (χ0v) is 29.9. The van der Waals surface area contributed by atoms with Gasteiger partial charge in [0.15, 0.2) is 0 Å². The molecule has 0 aromatic heterocycles. The first-order chi connectivity index (χ1) is 19.6. The Kier molecular flexibility index (Phi) is 9.32. The minimum absolute atomic E-state index is 0.281. The van der Waals surface area contributed by atoms with Crippen molar-refractivity contribution in [3.8, 4) is 23.0 Å². The molecule has 0 saturated carbocycles. The molecule has 4 aromatic carbocycles. The average molecular weight is 631 g/mol. The minimum atomic E-state index is -2.34. The van der Waals surface area contributed by atoms with E-state index in [1.807, 2.05) is 48.5 Å². The summed E-state index contributed by atoms with van der Waals surface area (Å²) in [5.41, 5.74) is 5.10. The second-order valence-electron chi connectivity index (χ2n) is 13.9. The Morgan fingerprint density at radius 3 is 0.857 bits per heavy atom. The molecule has 1 unspecified atom stereocenters. The Balaban J connectivity index is 2.04. The summed E-state index contributed by atoms with van der Waals surface area (Å²) in [4.78, 5) is 0. The summed E-state index contributed by atoms with van der Waals surface area (Å²) in [5, 5.41) is 40.6. The second kappa shape index (κ2) is 12.3. The van der Waals surface area contributed by atoms with Crippen molar-refractivity contribution >= 4 is 29.4 Å². The largest absolute Gasteiger partial charge is 0.508 e. The molecule has 4 nitrogen and oxygen atoms in total. The molecule has 4 rings (SSSR count). The molecule has 4 N–H and O–H groups in total. The first-order valence-corrected chi connectivity index (χ1v) is 29.6. The summed E-state index contributed by atoms with van der Waals surface area (Å²) >= 11 is 0. The quantitative estimate of drug-likeness (QED) is 0.128. The molecule has 0 aliphatic heterocycles. The predicted octanol–water partition coefficient (Wildman–Crippen LogP) is 7.75. The molecule has 0 amide bonds. The standard InChI is InChI=1S/C34H46O4Si4/c1-39(2,3)40(4,5)41(6,23-27-7-15-31(35)16-8-27)42(24-28-9-17-32(36)18-10-28,25-29-11-19-33(37)20-12-29)26-30-13-21-34(38)22-14-30/h7-22,35-38H,23-26H2,1-6H3. The van der Waals surface area contributed by atoms with Crippen LogP contribution in [-0.4, -0.2) is 49.8 Å². The van der Waals surface area contributed by atoms with Gasteiger partial charge in [0, 0.05) is 21.8 Å². The topological polar surface area (TPSA) is 80.9 Å². The Morgan fingerprint density at radius 2 is 0.619 bits per heavy atom. The van der Waals surface area contributed by atoms with Gasteiger partial charge in [-0.15, -0.1) is 0 Å². The summed E-state index contributed by atoms with van der Waals surface area (Å²) < 4.78 is 0. The molecule has 0 aliphatic rings. The van der Waals surface area contributed by atoms with Crippen molar-refractivity contribution < 1.29 is 20.4 Å². The minimum Gasteiger partial charge on any atom is -0.508 e. The molecule has 8 heteroatoms. The highest BCUT2D eigenvalue weighted by Gasteiger charge is 2.62. The van der Waals surface area contributed by atoms with E-state index in [9.17, 15) is 20.4 Å². The molecule has 0 radical (unpaired) electrons. The van der Waals surface area contributed by atoms with Gasteiger partial charge in [-0.3, -0.25) is 0 Å². The van der Waals surface area contributed by atoms with E-state index < -0.39 is 29.4 Å². The fourth-order valence-corrected chi connectivity index (χ4v) is 81.4. The van der Waals surface area contributed by atoms with Crippen molar-refractivity contribution in [1.82, 2.24) is 0 Å². The van der Waals surface area contributed by atoms with Crippen molar-refractivity contribution in [2.45, 2.75) is 63.5 Å². The van der Waals surface area contributed by atoms with Gasteiger partial charge in [-0.05, 0) is 72.7 Å². The summed E-state index contributed by atoms with van der Waals surface area (Å²) in [6.45, 7) is 15.8. The normalized spacial score (nSPS) is 14.0. The molecule has 1 atom stereocenters. The van der Waals surface area contributed by atoms with E-state index in [4.69, 9.17) is 0 Å². The van der Waals surface area contributed by atoms with Crippen molar-refractivity contribution in [3.63, 3.8) is 0 Å². The summed E-state index contributed by atoms with van der Waals surface area (Å²) in [7, 11) is -7.97. The second-order valence-corrected chi connectivity index (χ2v) is 53.1. The van der Waals surface area contributed by atoms with E-state index in [-0.39, 0.29) is 17.2 Å².